The van der Waals surface area contributed by atoms with Gasteiger partial charge < -0.3 is 10.3 Å². The molecule has 15 heavy (non-hydrogen) atoms. The van der Waals surface area contributed by atoms with Crippen LogP contribution in [0.1, 0.15) is 39.4 Å². The van der Waals surface area contributed by atoms with Crippen LogP contribution in [0.25, 0.3) is 0 Å². The predicted molar refractivity (Wildman–Crippen MR) is 62.2 cm³/mol. The smallest absolute Gasteiger partial charge is 0.252 e. The molecule has 0 unspecified atom stereocenters. The Bertz CT molecular complexity index is 382. The molecule has 0 atom stereocenters. The van der Waals surface area contributed by atoms with Gasteiger partial charge in [0, 0.05) is 11.6 Å². The van der Waals surface area contributed by atoms with E-state index in [0.29, 0.717) is 11.6 Å². The molecule has 0 saturated carbocycles. The summed E-state index contributed by atoms with van der Waals surface area (Å²) in [5.74, 6) is 1.28. The molecule has 0 bridgehead atoms. The molecular weight excluding hydrogens is 190 g/mol. The second-order valence-electron chi connectivity index (χ2n) is 4.47. The number of rotatable bonds is 4. The van der Waals surface area contributed by atoms with Crippen molar-refractivity contribution in [1.82, 2.24) is 9.97 Å². The van der Waals surface area contributed by atoms with Crippen molar-refractivity contribution in [3.63, 3.8) is 0 Å². The van der Waals surface area contributed by atoms with Crippen LogP contribution in [0.3, 0.4) is 0 Å². The maximum atomic E-state index is 11.2. The van der Waals surface area contributed by atoms with Gasteiger partial charge in [0.25, 0.3) is 5.56 Å². The summed E-state index contributed by atoms with van der Waals surface area (Å²) in [7, 11) is 0. The number of aryl methyl sites for hydroxylation is 1. The summed E-state index contributed by atoms with van der Waals surface area (Å²) in [5.41, 5.74) is -0.139. The molecule has 0 aliphatic rings. The van der Waals surface area contributed by atoms with Gasteiger partial charge in [-0.05, 0) is 27.2 Å². The lowest BCUT2D eigenvalue weighted by molar-refractivity contribution is 0.508. The number of nitrogens with zero attached hydrogens (tertiary/aromatic N) is 1. The zero-order chi connectivity index (χ0) is 11.5. The predicted octanol–water partition coefficient (Wildman–Crippen LogP) is 2.07. The van der Waals surface area contributed by atoms with Gasteiger partial charge in [0.2, 0.25) is 0 Å². The number of aromatic nitrogens is 2. The SMILES string of the molecule is CCCC(C)(C)Nc1cc(=O)[nH]c(C)n1. The van der Waals surface area contributed by atoms with Gasteiger partial charge in [-0.15, -0.1) is 0 Å². The minimum atomic E-state index is -0.114. The molecule has 2 N–H and O–H groups in total. The first-order valence-corrected chi connectivity index (χ1v) is 5.29. The highest BCUT2D eigenvalue weighted by Gasteiger charge is 2.16. The first-order valence-electron chi connectivity index (χ1n) is 5.29. The number of nitrogens with one attached hydrogen (secondary N) is 2. The van der Waals surface area contributed by atoms with Crippen LogP contribution in [0, 0.1) is 6.92 Å². The highest BCUT2D eigenvalue weighted by Crippen LogP contribution is 2.16. The van der Waals surface area contributed by atoms with E-state index in [1.165, 1.54) is 6.07 Å². The maximum Gasteiger partial charge on any atom is 0.252 e. The van der Waals surface area contributed by atoms with Crippen molar-refractivity contribution in [2.45, 2.75) is 46.1 Å². The molecule has 1 aromatic heterocycles. The molecular formula is C11H19N3O. The van der Waals surface area contributed by atoms with E-state index in [0.717, 1.165) is 12.8 Å². The van der Waals surface area contributed by atoms with E-state index in [9.17, 15) is 4.79 Å². The van der Waals surface area contributed by atoms with Gasteiger partial charge in [0.15, 0.2) is 0 Å². The maximum absolute atomic E-state index is 11.2. The van der Waals surface area contributed by atoms with Crippen LogP contribution >= 0.6 is 0 Å². The summed E-state index contributed by atoms with van der Waals surface area (Å²) < 4.78 is 0. The zero-order valence-electron chi connectivity index (χ0n) is 9.85. The standard InChI is InChI=1S/C11H19N3O/c1-5-6-11(3,4)14-9-7-10(15)13-8(2)12-9/h7H,5-6H2,1-4H3,(H2,12,13,14,15). The molecule has 0 radical (unpaired) electrons. The van der Waals surface area contributed by atoms with E-state index in [1.807, 2.05) is 0 Å². The molecule has 0 spiro atoms. The van der Waals surface area contributed by atoms with Crippen molar-refractivity contribution in [2.24, 2.45) is 0 Å². The quantitative estimate of drug-likeness (QED) is 0.798. The van der Waals surface area contributed by atoms with Crippen LogP contribution in [0.2, 0.25) is 0 Å². The van der Waals surface area contributed by atoms with E-state index >= 15 is 0 Å². The molecule has 4 nitrogen and oxygen atoms in total. The largest absolute Gasteiger partial charge is 0.365 e. The van der Waals surface area contributed by atoms with Crippen molar-refractivity contribution in [3.05, 3.63) is 22.2 Å². The molecule has 0 aromatic carbocycles. The second-order valence-corrected chi connectivity index (χ2v) is 4.47. The van der Waals surface area contributed by atoms with Gasteiger partial charge in [-0.25, -0.2) is 4.98 Å². The molecule has 0 saturated heterocycles. The Morgan fingerprint density at radius 1 is 1.53 bits per heavy atom. The van der Waals surface area contributed by atoms with E-state index in [4.69, 9.17) is 0 Å². The second kappa shape index (κ2) is 4.47. The Morgan fingerprint density at radius 2 is 2.20 bits per heavy atom. The molecule has 4 heteroatoms. The van der Waals surface area contributed by atoms with E-state index < -0.39 is 0 Å². The molecule has 1 heterocycles. The lowest BCUT2D eigenvalue weighted by atomic mass is 9.99. The Morgan fingerprint density at radius 3 is 2.73 bits per heavy atom. The summed E-state index contributed by atoms with van der Waals surface area (Å²) in [4.78, 5) is 18.1. The molecule has 0 fully saturated rings. The fraction of sp³-hybridized carbons (Fsp3) is 0.636. The minimum absolute atomic E-state index is 0.0258. The van der Waals surface area contributed by atoms with E-state index in [1.54, 1.807) is 6.92 Å². The van der Waals surface area contributed by atoms with E-state index in [2.05, 4.69) is 36.1 Å². The van der Waals surface area contributed by atoms with Crippen LogP contribution in [0.5, 0.6) is 0 Å². The van der Waals surface area contributed by atoms with Crippen LogP contribution < -0.4 is 10.9 Å². The number of hydrogen-bond acceptors (Lipinski definition) is 3. The lowest BCUT2D eigenvalue weighted by Crippen LogP contribution is -2.31. The summed E-state index contributed by atoms with van der Waals surface area (Å²) >= 11 is 0. The van der Waals surface area contributed by atoms with Gasteiger partial charge in [-0.1, -0.05) is 13.3 Å². The number of H-pyrrole nitrogens is 1. The van der Waals surface area contributed by atoms with Gasteiger partial charge in [-0.2, -0.15) is 0 Å². The monoisotopic (exact) mass is 209 g/mol. The Kier molecular flexibility index (Phi) is 3.50. The lowest BCUT2D eigenvalue weighted by Gasteiger charge is -2.26. The van der Waals surface area contributed by atoms with Crippen molar-refractivity contribution in [1.29, 1.82) is 0 Å². The Balaban J connectivity index is 2.84. The molecule has 1 aromatic rings. The van der Waals surface area contributed by atoms with E-state index in [-0.39, 0.29) is 11.1 Å². The number of anilines is 1. The Labute approximate surface area is 90.1 Å². The van der Waals surface area contributed by atoms with Gasteiger partial charge in [0.1, 0.15) is 11.6 Å². The highest BCUT2D eigenvalue weighted by molar-refractivity contribution is 5.35. The molecule has 0 aliphatic heterocycles. The summed E-state index contributed by atoms with van der Waals surface area (Å²) in [5, 5.41) is 3.27. The third kappa shape index (κ3) is 3.73. The number of aromatic amines is 1. The average molecular weight is 209 g/mol. The molecule has 0 amide bonds. The van der Waals surface area contributed by atoms with Crippen molar-refractivity contribution < 1.29 is 0 Å². The summed E-state index contributed by atoms with van der Waals surface area (Å²) in [6, 6.07) is 1.49. The van der Waals surface area contributed by atoms with Gasteiger partial charge in [-0.3, -0.25) is 4.79 Å². The van der Waals surface area contributed by atoms with Crippen molar-refractivity contribution in [2.75, 3.05) is 5.32 Å². The average Bonchev–Trinajstić information content (AvgIpc) is 1.99. The van der Waals surface area contributed by atoms with Crippen LogP contribution in [-0.2, 0) is 0 Å². The fourth-order valence-electron chi connectivity index (χ4n) is 1.68. The van der Waals surface area contributed by atoms with Crippen LogP contribution in [0.15, 0.2) is 10.9 Å². The molecule has 1 rings (SSSR count). The molecule has 84 valence electrons. The van der Waals surface area contributed by atoms with Crippen LogP contribution in [-0.4, -0.2) is 15.5 Å². The van der Waals surface area contributed by atoms with Crippen molar-refractivity contribution in [3.8, 4) is 0 Å². The summed E-state index contributed by atoms with van der Waals surface area (Å²) in [6.45, 7) is 8.13. The summed E-state index contributed by atoms with van der Waals surface area (Å²) in [6.07, 6.45) is 2.14. The molecule has 0 aliphatic carbocycles. The fourth-order valence-corrected chi connectivity index (χ4v) is 1.68. The van der Waals surface area contributed by atoms with Crippen LogP contribution in [0.4, 0.5) is 5.82 Å². The number of hydrogen-bond donors (Lipinski definition) is 2. The minimum Gasteiger partial charge on any atom is -0.365 e. The third-order valence-corrected chi connectivity index (χ3v) is 2.20. The third-order valence-electron chi connectivity index (χ3n) is 2.20. The first-order chi connectivity index (χ1) is 6.93. The Hall–Kier alpha value is -1.32. The van der Waals surface area contributed by atoms with Gasteiger partial charge in [0.05, 0.1) is 0 Å². The van der Waals surface area contributed by atoms with Gasteiger partial charge >= 0.3 is 0 Å². The zero-order valence-corrected chi connectivity index (χ0v) is 9.85. The van der Waals surface area contributed by atoms with Crippen molar-refractivity contribution >= 4 is 5.82 Å². The normalized spacial score (nSPS) is 11.5. The topological polar surface area (TPSA) is 57.8 Å². The first kappa shape index (κ1) is 11.8. The highest BCUT2D eigenvalue weighted by atomic mass is 16.1.